The summed E-state index contributed by atoms with van der Waals surface area (Å²) in [6, 6.07) is 5.42. The molecule has 0 spiro atoms. The van der Waals surface area contributed by atoms with Crippen LogP contribution in [0.25, 0.3) is 0 Å². The third-order valence-corrected chi connectivity index (χ3v) is 4.13. The van der Waals surface area contributed by atoms with Gasteiger partial charge < -0.3 is 10.2 Å². The highest BCUT2D eigenvalue weighted by atomic mass is 15.3. The lowest BCUT2D eigenvalue weighted by molar-refractivity contribution is 0.373. The fourth-order valence-corrected chi connectivity index (χ4v) is 3.21. The van der Waals surface area contributed by atoms with Crippen molar-refractivity contribution in [3.8, 4) is 0 Å². The van der Waals surface area contributed by atoms with Crippen LogP contribution >= 0.6 is 0 Å². The molecule has 0 aromatic carbocycles. The molecule has 4 heteroatoms. The Labute approximate surface area is 109 Å². The molecule has 1 saturated carbocycles. The van der Waals surface area contributed by atoms with Crippen LogP contribution in [-0.2, 0) is 0 Å². The maximum Gasteiger partial charge on any atom is 0.151 e. The molecule has 0 unspecified atom stereocenters. The van der Waals surface area contributed by atoms with Gasteiger partial charge in [0.2, 0.25) is 0 Å². The minimum Gasteiger partial charge on any atom is -0.354 e. The van der Waals surface area contributed by atoms with Gasteiger partial charge in [0.25, 0.3) is 0 Å². The summed E-state index contributed by atoms with van der Waals surface area (Å²) in [5.74, 6) is 1.02. The number of nitrogens with zero attached hydrogens (tertiary/aromatic N) is 3. The first-order chi connectivity index (χ1) is 8.92. The molecule has 2 aliphatic rings. The fourth-order valence-electron chi connectivity index (χ4n) is 3.21. The maximum atomic E-state index is 4.22. The number of nitrogens with one attached hydrogen (secondary N) is 1. The van der Waals surface area contributed by atoms with Crippen molar-refractivity contribution in [1.29, 1.82) is 0 Å². The molecule has 2 fully saturated rings. The van der Waals surface area contributed by atoms with E-state index < -0.39 is 0 Å². The molecule has 98 valence electrons. The van der Waals surface area contributed by atoms with E-state index in [1.807, 2.05) is 6.07 Å². The molecule has 1 aromatic rings. The van der Waals surface area contributed by atoms with Crippen molar-refractivity contribution < 1.29 is 0 Å². The molecule has 0 radical (unpaired) electrons. The summed E-state index contributed by atoms with van der Waals surface area (Å²) in [5.41, 5.74) is 0. The zero-order valence-electron chi connectivity index (χ0n) is 10.9. The van der Waals surface area contributed by atoms with E-state index in [9.17, 15) is 0 Å². The second-order valence-corrected chi connectivity index (χ2v) is 5.52. The molecule has 18 heavy (non-hydrogen) atoms. The maximum absolute atomic E-state index is 4.22. The van der Waals surface area contributed by atoms with Crippen molar-refractivity contribution in [2.45, 2.75) is 50.6 Å². The van der Waals surface area contributed by atoms with Gasteiger partial charge in [-0.05, 0) is 37.8 Å². The number of hydrogen-bond donors (Lipinski definition) is 1. The highest BCUT2D eigenvalue weighted by Gasteiger charge is 2.24. The third kappa shape index (κ3) is 2.80. The zero-order valence-corrected chi connectivity index (χ0v) is 10.9. The second-order valence-electron chi connectivity index (χ2n) is 5.52. The lowest BCUT2D eigenvalue weighted by Gasteiger charge is -2.35. The van der Waals surface area contributed by atoms with Crippen LogP contribution in [0, 0.1) is 0 Å². The van der Waals surface area contributed by atoms with Gasteiger partial charge in [-0.3, -0.25) is 0 Å². The van der Waals surface area contributed by atoms with Crippen LogP contribution in [0.2, 0.25) is 0 Å². The number of rotatable bonds is 3. The highest BCUT2D eigenvalue weighted by Crippen LogP contribution is 2.21. The predicted octanol–water partition coefficient (Wildman–Crippen LogP) is 1.98. The van der Waals surface area contributed by atoms with Crippen molar-refractivity contribution in [2.24, 2.45) is 0 Å². The first kappa shape index (κ1) is 11.9. The van der Waals surface area contributed by atoms with Crippen molar-refractivity contribution >= 4 is 5.82 Å². The van der Waals surface area contributed by atoms with E-state index in [-0.39, 0.29) is 0 Å². The quantitative estimate of drug-likeness (QED) is 0.885. The smallest absolute Gasteiger partial charge is 0.151 e. The molecule has 4 nitrogen and oxygen atoms in total. The van der Waals surface area contributed by atoms with E-state index >= 15 is 0 Å². The molecule has 1 saturated heterocycles. The van der Waals surface area contributed by atoms with Gasteiger partial charge in [-0.25, -0.2) is 0 Å². The van der Waals surface area contributed by atoms with Gasteiger partial charge in [0.15, 0.2) is 5.82 Å². The average Bonchev–Trinajstić information content (AvgIpc) is 2.93. The largest absolute Gasteiger partial charge is 0.354 e. The number of hydrogen-bond acceptors (Lipinski definition) is 4. The predicted molar refractivity (Wildman–Crippen MR) is 72.7 cm³/mol. The molecule has 2 heterocycles. The van der Waals surface area contributed by atoms with Crippen molar-refractivity contribution in [3.05, 3.63) is 18.3 Å². The van der Waals surface area contributed by atoms with E-state index in [4.69, 9.17) is 0 Å². The summed E-state index contributed by atoms with van der Waals surface area (Å²) >= 11 is 0. The Kier molecular flexibility index (Phi) is 3.74. The standard InChI is InChI=1S/C14H22N4/c1-2-6-12(5-1)16-13-7-4-10-18(11-13)14-8-3-9-15-17-14/h3,8-9,12-13,16H,1-2,4-7,10-11H2/t13-/m0/s1. The van der Waals surface area contributed by atoms with Crippen LogP contribution < -0.4 is 10.2 Å². The van der Waals surface area contributed by atoms with E-state index in [0.29, 0.717) is 6.04 Å². The first-order valence-corrected chi connectivity index (χ1v) is 7.20. The SMILES string of the molecule is c1cnnc(N2CCC[C@H](NC3CCCC3)C2)c1. The van der Waals surface area contributed by atoms with Crippen LogP contribution in [0.3, 0.4) is 0 Å². The van der Waals surface area contributed by atoms with E-state index in [1.165, 1.54) is 38.5 Å². The fraction of sp³-hybridized carbons (Fsp3) is 0.714. The van der Waals surface area contributed by atoms with Gasteiger partial charge in [0, 0.05) is 31.4 Å². The average molecular weight is 246 g/mol. The Balaban J connectivity index is 1.58. The van der Waals surface area contributed by atoms with E-state index in [0.717, 1.165) is 24.9 Å². The third-order valence-electron chi connectivity index (χ3n) is 4.13. The number of anilines is 1. The van der Waals surface area contributed by atoms with Crippen LogP contribution in [0.4, 0.5) is 5.82 Å². The van der Waals surface area contributed by atoms with Gasteiger partial charge in [0.05, 0.1) is 0 Å². The molecular weight excluding hydrogens is 224 g/mol. The lowest BCUT2D eigenvalue weighted by atomic mass is 10.0. The van der Waals surface area contributed by atoms with E-state index in [1.54, 1.807) is 6.20 Å². The Bertz CT molecular complexity index is 361. The van der Waals surface area contributed by atoms with Crippen molar-refractivity contribution in [3.63, 3.8) is 0 Å². The number of aromatic nitrogens is 2. The Morgan fingerprint density at radius 1 is 1.11 bits per heavy atom. The molecule has 3 rings (SSSR count). The van der Waals surface area contributed by atoms with Crippen LogP contribution in [0.15, 0.2) is 18.3 Å². The van der Waals surface area contributed by atoms with Gasteiger partial charge in [-0.1, -0.05) is 12.8 Å². The summed E-state index contributed by atoms with van der Waals surface area (Å²) in [7, 11) is 0. The topological polar surface area (TPSA) is 41.1 Å². The highest BCUT2D eigenvalue weighted by molar-refractivity contribution is 5.37. The number of piperidine rings is 1. The Morgan fingerprint density at radius 2 is 1.94 bits per heavy atom. The lowest BCUT2D eigenvalue weighted by Crippen LogP contribution is -2.48. The monoisotopic (exact) mass is 246 g/mol. The summed E-state index contributed by atoms with van der Waals surface area (Å²) in [6.45, 7) is 2.19. The summed E-state index contributed by atoms with van der Waals surface area (Å²) in [5, 5.41) is 12.0. The van der Waals surface area contributed by atoms with Crippen LogP contribution in [0.1, 0.15) is 38.5 Å². The van der Waals surface area contributed by atoms with Crippen LogP contribution in [-0.4, -0.2) is 35.4 Å². The minimum absolute atomic E-state index is 0.629. The van der Waals surface area contributed by atoms with Crippen molar-refractivity contribution in [1.82, 2.24) is 15.5 Å². The molecule has 1 aliphatic heterocycles. The minimum atomic E-state index is 0.629. The summed E-state index contributed by atoms with van der Waals surface area (Å²) < 4.78 is 0. The Hall–Kier alpha value is -1.16. The molecule has 1 aliphatic carbocycles. The summed E-state index contributed by atoms with van der Waals surface area (Å²) in [4.78, 5) is 2.36. The van der Waals surface area contributed by atoms with Crippen molar-refractivity contribution in [2.75, 3.05) is 18.0 Å². The van der Waals surface area contributed by atoms with Crippen LogP contribution in [0.5, 0.6) is 0 Å². The second kappa shape index (κ2) is 5.65. The Morgan fingerprint density at radius 3 is 2.72 bits per heavy atom. The molecule has 1 N–H and O–H groups in total. The van der Waals surface area contributed by atoms with E-state index in [2.05, 4.69) is 26.5 Å². The molecule has 0 bridgehead atoms. The zero-order chi connectivity index (χ0) is 12.2. The molecular formula is C14H22N4. The first-order valence-electron chi connectivity index (χ1n) is 7.20. The van der Waals surface area contributed by atoms with Gasteiger partial charge in [0.1, 0.15) is 0 Å². The van der Waals surface area contributed by atoms with Gasteiger partial charge in [-0.2, -0.15) is 5.10 Å². The molecule has 1 aromatic heterocycles. The van der Waals surface area contributed by atoms with Gasteiger partial charge in [-0.15, -0.1) is 5.10 Å². The van der Waals surface area contributed by atoms with Gasteiger partial charge >= 0.3 is 0 Å². The molecule has 0 amide bonds. The normalized spacial score (nSPS) is 25.6. The summed E-state index contributed by atoms with van der Waals surface area (Å²) in [6.07, 6.45) is 9.82. The molecule has 1 atom stereocenters.